The molecule has 0 saturated carbocycles. The van der Waals surface area contributed by atoms with E-state index < -0.39 is 17.6 Å². The first-order valence-electron chi connectivity index (χ1n) is 5.59. The molecule has 0 aliphatic carbocycles. The van der Waals surface area contributed by atoms with E-state index in [0.717, 1.165) is 6.07 Å². The van der Waals surface area contributed by atoms with Gasteiger partial charge < -0.3 is 13.9 Å². The molecule has 1 aromatic heterocycles. The van der Waals surface area contributed by atoms with Crippen molar-refractivity contribution in [3.05, 3.63) is 41.3 Å². The number of methoxy groups -OCH3 is 2. The zero-order chi connectivity index (χ0) is 14.7. The van der Waals surface area contributed by atoms with E-state index in [1.165, 1.54) is 26.4 Å². The van der Waals surface area contributed by atoms with Crippen LogP contribution in [0.5, 0.6) is 0 Å². The Bertz CT molecular complexity index is 639. The van der Waals surface area contributed by atoms with Crippen LogP contribution in [0.15, 0.2) is 22.6 Å². The van der Waals surface area contributed by atoms with Gasteiger partial charge in [-0.05, 0) is 12.1 Å². The number of halogens is 2. The lowest BCUT2D eigenvalue weighted by molar-refractivity contribution is 0.0559. The molecule has 5 nitrogen and oxygen atoms in total. The second-order valence-corrected chi connectivity index (χ2v) is 3.82. The van der Waals surface area contributed by atoms with E-state index in [2.05, 4.69) is 9.72 Å². The number of oxazole rings is 1. The molecule has 0 atom stereocenters. The number of aromatic nitrogens is 1. The predicted octanol–water partition coefficient (Wildman–Crippen LogP) is 2.55. The Balaban J connectivity index is 2.52. The van der Waals surface area contributed by atoms with Crippen LogP contribution in [0, 0.1) is 11.6 Å². The number of benzene rings is 1. The van der Waals surface area contributed by atoms with Crippen molar-refractivity contribution in [1.29, 1.82) is 0 Å². The van der Waals surface area contributed by atoms with Crippen LogP contribution < -0.4 is 0 Å². The van der Waals surface area contributed by atoms with E-state index in [1.54, 1.807) is 0 Å². The fourth-order valence-electron chi connectivity index (χ4n) is 1.62. The molecule has 0 spiro atoms. The second-order valence-electron chi connectivity index (χ2n) is 3.82. The quantitative estimate of drug-likeness (QED) is 0.807. The zero-order valence-corrected chi connectivity index (χ0v) is 10.8. The molecule has 0 aliphatic heterocycles. The summed E-state index contributed by atoms with van der Waals surface area (Å²) in [5, 5.41) is 0. The number of ether oxygens (including phenoxy) is 2. The molecular weight excluding hydrogens is 272 g/mol. The number of nitrogens with zero attached hydrogens (tertiary/aromatic N) is 1. The van der Waals surface area contributed by atoms with Gasteiger partial charge in [0.25, 0.3) is 0 Å². The van der Waals surface area contributed by atoms with Gasteiger partial charge in [0.2, 0.25) is 11.7 Å². The lowest BCUT2D eigenvalue weighted by Gasteiger charge is -1.98. The molecule has 0 aliphatic rings. The van der Waals surface area contributed by atoms with Crippen LogP contribution >= 0.6 is 0 Å². The van der Waals surface area contributed by atoms with Crippen molar-refractivity contribution in [3.8, 4) is 11.5 Å². The topological polar surface area (TPSA) is 61.6 Å². The molecular formula is C13H11F2NO4. The minimum Gasteiger partial charge on any atom is -0.463 e. The third kappa shape index (κ3) is 2.53. The molecule has 106 valence electrons. The predicted molar refractivity (Wildman–Crippen MR) is 63.9 cm³/mol. The van der Waals surface area contributed by atoms with Crippen LogP contribution in [0.25, 0.3) is 11.5 Å². The molecule has 7 heteroatoms. The Morgan fingerprint density at radius 1 is 1.35 bits per heavy atom. The highest BCUT2D eigenvalue weighted by molar-refractivity contribution is 5.87. The summed E-state index contributed by atoms with van der Waals surface area (Å²) in [6, 6.07) is 3.58. The maximum Gasteiger partial charge on any atom is 0.376 e. The SMILES string of the molecule is COCc1nc(-c2cccc(F)c2F)oc1C(=O)OC. The lowest BCUT2D eigenvalue weighted by Crippen LogP contribution is -2.04. The molecule has 2 aromatic rings. The molecule has 1 aromatic carbocycles. The van der Waals surface area contributed by atoms with Crippen molar-refractivity contribution in [2.24, 2.45) is 0 Å². The summed E-state index contributed by atoms with van der Waals surface area (Å²) >= 11 is 0. The summed E-state index contributed by atoms with van der Waals surface area (Å²) in [6.07, 6.45) is 0. The van der Waals surface area contributed by atoms with Crippen molar-refractivity contribution in [2.45, 2.75) is 6.61 Å². The summed E-state index contributed by atoms with van der Waals surface area (Å²) in [5.74, 6) is -3.32. The molecule has 0 amide bonds. The first kappa shape index (κ1) is 14.1. The second kappa shape index (κ2) is 5.79. The Labute approximate surface area is 113 Å². The number of rotatable bonds is 4. The molecule has 0 fully saturated rings. The maximum absolute atomic E-state index is 13.7. The average molecular weight is 283 g/mol. The minimum absolute atomic E-state index is 0.0229. The Hall–Kier alpha value is -2.28. The van der Waals surface area contributed by atoms with Crippen molar-refractivity contribution in [3.63, 3.8) is 0 Å². The van der Waals surface area contributed by atoms with E-state index >= 15 is 0 Å². The fraction of sp³-hybridized carbons (Fsp3) is 0.231. The smallest absolute Gasteiger partial charge is 0.376 e. The van der Waals surface area contributed by atoms with Gasteiger partial charge in [-0.15, -0.1) is 0 Å². The van der Waals surface area contributed by atoms with Gasteiger partial charge in [-0.3, -0.25) is 0 Å². The highest BCUT2D eigenvalue weighted by Gasteiger charge is 2.23. The van der Waals surface area contributed by atoms with Crippen LogP contribution in [0.3, 0.4) is 0 Å². The molecule has 2 rings (SSSR count). The average Bonchev–Trinajstić information content (AvgIpc) is 2.85. The van der Waals surface area contributed by atoms with Gasteiger partial charge in [0.15, 0.2) is 11.6 Å². The summed E-state index contributed by atoms with van der Waals surface area (Å²) in [4.78, 5) is 15.5. The van der Waals surface area contributed by atoms with Crippen LogP contribution in [0.4, 0.5) is 8.78 Å². The first-order chi connectivity index (χ1) is 9.58. The number of carbonyl (C=O) groups excluding carboxylic acids is 1. The maximum atomic E-state index is 13.7. The van der Waals surface area contributed by atoms with Gasteiger partial charge in [-0.1, -0.05) is 6.07 Å². The van der Waals surface area contributed by atoms with Crippen molar-refractivity contribution in [1.82, 2.24) is 4.98 Å². The summed E-state index contributed by atoms with van der Waals surface area (Å²) in [7, 11) is 2.57. The van der Waals surface area contributed by atoms with Crippen molar-refractivity contribution >= 4 is 5.97 Å². The number of hydrogen-bond acceptors (Lipinski definition) is 5. The zero-order valence-electron chi connectivity index (χ0n) is 10.8. The molecule has 0 unspecified atom stereocenters. The van der Waals surface area contributed by atoms with Gasteiger partial charge in [-0.2, -0.15) is 0 Å². The van der Waals surface area contributed by atoms with E-state index in [9.17, 15) is 13.6 Å². The Kier molecular flexibility index (Phi) is 4.09. The molecule has 0 N–H and O–H groups in total. The Morgan fingerprint density at radius 2 is 2.10 bits per heavy atom. The third-order valence-corrected chi connectivity index (χ3v) is 2.53. The van der Waals surface area contributed by atoms with Crippen LogP contribution in [-0.2, 0) is 16.1 Å². The van der Waals surface area contributed by atoms with Crippen molar-refractivity contribution < 1.29 is 27.5 Å². The molecule has 1 heterocycles. The Morgan fingerprint density at radius 3 is 2.75 bits per heavy atom. The molecule has 0 bridgehead atoms. The van der Waals surface area contributed by atoms with E-state index in [-0.39, 0.29) is 29.5 Å². The van der Waals surface area contributed by atoms with Gasteiger partial charge in [0.05, 0.1) is 19.3 Å². The van der Waals surface area contributed by atoms with Crippen LogP contribution in [-0.4, -0.2) is 25.2 Å². The van der Waals surface area contributed by atoms with Gasteiger partial charge in [0.1, 0.15) is 5.69 Å². The van der Waals surface area contributed by atoms with E-state index in [1.807, 2.05) is 0 Å². The summed E-state index contributed by atoms with van der Waals surface area (Å²) in [5.41, 5.74) is -0.0319. The van der Waals surface area contributed by atoms with E-state index in [4.69, 9.17) is 9.15 Å². The number of hydrogen-bond donors (Lipinski definition) is 0. The standard InChI is InChI=1S/C13H11F2NO4/c1-18-6-9-11(13(17)19-2)20-12(16-9)7-4-3-5-8(14)10(7)15/h3-5H,6H2,1-2H3. The molecule has 0 radical (unpaired) electrons. The summed E-state index contributed by atoms with van der Waals surface area (Å²) in [6.45, 7) is -0.0229. The summed E-state index contributed by atoms with van der Waals surface area (Å²) < 4.78 is 41.4. The first-order valence-corrected chi connectivity index (χ1v) is 5.59. The minimum atomic E-state index is -1.10. The molecule has 20 heavy (non-hydrogen) atoms. The van der Waals surface area contributed by atoms with Crippen LogP contribution in [0.2, 0.25) is 0 Å². The monoisotopic (exact) mass is 283 g/mol. The van der Waals surface area contributed by atoms with E-state index in [0.29, 0.717) is 0 Å². The lowest BCUT2D eigenvalue weighted by atomic mass is 10.2. The normalized spacial score (nSPS) is 10.6. The highest BCUT2D eigenvalue weighted by Crippen LogP contribution is 2.26. The van der Waals surface area contributed by atoms with Crippen molar-refractivity contribution in [2.75, 3.05) is 14.2 Å². The highest BCUT2D eigenvalue weighted by atomic mass is 19.2. The largest absolute Gasteiger partial charge is 0.463 e. The van der Waals surface area contributed by atoms with Gasteiger partial charge in [0, 0.05) is 7.11 Å². The fourth-order valence-corrected chi connectivity index (χ4v) is 1.62. The number of carbonyl (C=O) groups is 1. The molecule has 0 saturated heterocycles. The number of esters is 1. The van der Waals surface area contributed by atoms with Crippen LogP contribution in [0.1, 0.15) is 16.2 Å². The third-order valence-electron chi connectivity index (χ3n) is 2.53. The van der Waals surface area contributed by atoms with Gasteiger partial charge >= 0.3 is 5.97 Å². The van der Waals surface area contributed by atoms with Gasteiger partial charge in [-0.25, -0.2) is 18.6 Å².